The van der Waals surface area contributed by atoms with Gasteiger partial charge in [-0.25, -0.2) is 9.69 Å². The molecule has 2 saturated heterocycles. The highest BCUT2D eigenvalue weighted by molar-refractivity contribution is 6.31. The summed E-state index contributed by atoms with van der Waals surface area (Å²) >= 11 is 6.31. The number of imide groups is 1. The van der Waals surface area contributed by atoms with Gasteiger partial charge in [-0.05, 0) is 73.5 Å². The lowest BCUT2D eigenvalue weighted by molar-refractivity contribution is -0.130. The second-order valence-electron chi connectivity index (χ2n) is 10.0. The fraction of sp³-hybridized carbons (Fsp3) is 0.241. The summed E-state index contributed by atoms with van der Waals surface area (Å²) in [6.45, 7) is 1.90. The molecular weight excluding hydrogens is 538 g/mol. The number of carbonyl (C=O) groups is 4. The number of halogens is 1. The lowest BCUT2D eigenvalue weighted by Gasteiger charge is -2.29. The Morgan fingerprint density at radius 2 is 1.75 bits per heavy atom. The van der Waals surface area contributed by atoms with Gasteiger partial charge < -0.3 is 20.3 Å². The number of fused-ring (bicyclic) bond motifs is 4. The third kappa shape index (κ3) is 3.75. The molecule has 3 heterocycles. The molecule has 3 aromatic rings. The maximum absolute atomic E-state index is 14.1. The molecule has 3 aromatic carbocycles. The fourth-order valence-corrected chi connectivity index (χ4v) is 6.29. The van der Waals surface area contributed by atoms with Crippen LogP contribution in [0.5, 0.6) is 11.5 Å². The van der Waals surface area contributed by atoms with Crippen molar-refractivity contribution in [3.63, 3.8) is 0 Å². The number of hydrogen-bond acceptors (Lipinski definition) is 8. The summed E-state index contributed by atoms with van der Waals surface area (Å²) in [5.41, 5.74) is 0.509. The zero-order valence-electron chi connectivity index (χ0n) is 21.2. The lowest BCUT2D eigenvalue weighted by Crippen LogP contribution is -2.53. The minimum atomic E-state index is -1.57. The van der Waals surface area contributed by atoms with Gasteiger partial charge in [0.2, 0.25) is 17.7 Å². The zero-order valence-corrected chi connectivity index (χ0v) is 21.9. The van der Waals surface area contributed by atoms with Crippen molar-refractivity contribution in [1.82, 2.24) is 5.32 Å². The van der Waals surface area contributed by atoms with E-state index < -0.39 is 47.1 Å². The molecule has 0 saturated carbocycles. The van der Waals surface area contributed by atoms with Crippen molar-refractivity contribution in [2.24, 2.45) is 11.8 Å². The minimum absolute atomic E-state index is 0.175. The zero-order chi connectivity index (χ0) is 28.3. The van der Waals surface area contributed by atoms with Gasteiger partial charge in [-0.2, -0.15) is 0 Å². The molecule has 4 atom stereocenters. The van der Waals surface area contributed by atoms with Crippen molar-refractivity contribution in [2.75, 3.05) is 16.8 Å². The van der Waals surface area contributed by atoms with Crippen molar-refractivity contribution in [1.29, 1.82) is 0 Å². The molecule has 0 unspecified atom stereocenters. The number of rotatable bonds is 5. The molecule has 0 aliphatic carbocycles. The number of phenols is 2. The van der Waals surface area contributed by atoms with Crippen LogP contribution in [0, 0.1) is 11.8 Å². The van der Waals surface area contributed by atoms with Gasteiger partial charge in [-0.3, -0.25) is 19.7 Å². The molecule has 204 valence electrons. The molecule has 0 aromatic heterocycles. The van der Waals surface area contributed by atoms with E-state index in [-0.39, 0.29) is 35.8 Å². The van der Waals surface area contributed by atoms with E-state index in [0.29, 0.717) is 21.8 Å². The van der Waals surface area contributed by atoms with Gasteiger partial charge in [0.15, 0.2) is 11.5 Å². The first-order chi connectivity index (χ1) is 19.1. The Kier molecular flexibility index (Phi) is 6.04. The first-order valence-electron chi connectivity index (χ1n) is 12.7. The Balaban J connectivity index is 1.44. The summed E-state index contributed by atoms with van der Waals surface area (Å²) in [6, 6.07) is 14.5. The monoisotopic (exact) mass is 561 g/mol. The first kappa shape index (κ1) is 25.8. The molecule has 4 N–H and O–H groups in total. The van der Waals surface area contributed by atoms with Crippen molar-refractivity contribution >= 4 is 46.7 Å². The number of aromatic hydroxyl groups is 2. The number of esters is 1. The van der Waals surface area contributed by atoms with E-state index in [0.717, 1.165) is 4.90 Å². The van der Waals surface area contributed by atoms with E-state index >= 15 is 0 Å². The van der Waals surface area contributed by atoms with Crippen molar-refractivity contribution in [2.45, 2.75) is 24.9 Å². The topological polar surface area (TPSA) is 145 Å². The molecule has 3 amide bonds. The highest BCUT2D eigenvalue weighted by Gasteiger charge is 2.70. The van der Waals surface area contributed by atoms with Crippen LogP contribution in [0.2, 0.25) is 5.02 Å². The maximum atomic E-state index is 14.1. The van der Waals surface area contributed by atoms with Crippen LogP contribution in [-0.4, -0.2) is 46.6 Å². The third-order valence-electron chi connectivity index (χ3n) is 7.81. The number of ether oxygens (including phenoxy) is 1. The van der Waals surface area contributed by atoms with Gasteiger partial charge in [0.25, 0.3) is 0 Å². The molecule has 40 heavy (non-hydrogen) atoms. The normalized spacial score (nSPS) is 24.8. The van der Waals surface area contributed by atoms with Crippen LogP contribution in [0.3, 0.4) is 0 Å². The average Bonchev–Trinajstić information content (AvgIpc) is 3.50. The Morgan fingerprint density at radius 3 is 2.45 bits per heavy atom. The molecule has 3 aliphatic heterocycles. The second-order valence-corrected chi connectivity index (χ2v) is 10.4. The summed E-state index contributed by atoms with van der Waals surface area (Å²) < 4.78 is 5.02. The highest BCUT2D eigenvalue weighted by atomic mass is 35.5. The lowest BCUT2D eigenvalue weighted by atomic mass is 9.76. The number of nitrogens with one attached hydrogen (secondary N) is 2. The maximum Gasteiger partial charge on any atom is 0.338 e. The highest BCUT2D eigenvalue weighted by Crippen LogP contribution is 2.54. The quantitative estimate of drug-likeness (QED) is 0.211. The van der Waals surface area contributed by atoms with Crippen LogP contribution in [0.4, 0.5) is 11.4 Å². The average molecular weight is 562 g/mol. The number of nitrogens with zero attached hydrogens (tertiary/aromatic N) is 1. The largest absolute Gasteiger partial charge is 0.504 e. The standard InChI is InChI=1S/C29H24ClN3O7/c1-2-40-27(38)15-4-7-17(8-5-15)33-25(36)23-20(11-14-3-10-21(34)22(35)12-14)32-29(24(23)26(33)37)18-13-16(30)6-9-19(18)31-28(29)39/h3-10,12-13,20,23-24,32,34-35H,2,11H2,1H3,(H,31,39)/t20-,23+,24-,29+/m0/s1. The number of amides is 3. The van der Waals surface area contributed by atoms with E-state index in [1.807, 2.05) is 0 Å². The van der Waals surface area contributed by atoms with Crippen LogP contribution in [-0.2, 0) is 31.1 Å². The van der Waals surface area contributed by atoms with Crippen LogP contribution in [0.15, 0.2) is 60.7 Å². The number of anilines is 2. The van der Waals surface area contributed by atoms with Crippen LogP contribution in [0.25, 0.3) is 0 Å². The summed E-state index contributed by atoms with van der Waals surface area (Å²) in [5, 5.41) is 26.3. The van der Waals surface area contributed by atoms with E-state index in [1.165, 1.54) is 36.4 Å². The fourth-order valence-electron chi connectivity index (χ4n) is 6.11. The van der Waals surface area contributed by atoms with Crippen molar-refractivity contribution in [3.05, 3.63) is 82.4 Å². The van der Waals surface area contributed by atoms with Crippen molar-refractivity contribution in [3.8, 4) is 11.5 Å². The number of hydrogen-bond donors (Lipinski definition) is 4. The van der Waals surface area contributed by atoms with Gasteiger partial charge in [0.05, 0.1) is 29.7 Å². The van der Waals surface area contributed by atoms with E-state index in [2.05, 4.69) is 10.6 Å². The van der Waals surface area contributed by atoms with Gasteiger partial charge >= 0.3 is 5.97 Å². The summed E-state index contributed by atoms with van der Waals surface area (Å²) in [4.78, 5) is 54.9. The molecule has 0 radical (unpaired) electrons. The van der Waals surface area contributed by atoms with Crippen LogP contribution < -0.4 is 15.5 Å². The Morgan fingerprint density at radius 1 is 1.00 bits per heavy atom. The van der Waals surface area contributed by atoms with Crippen LogP contribution >= 0.6 is 11.6 Å². The summed E-state index contributed by atoms with van der Waals surface area (Å²) in [7, 11) is 0. The van der Waals surface area contributed by atoms with E-state index in [9.17, 15) is 29.4 Å². The van der Waals surface area contributed by atoms with Crippen molar-refractivity contribution < 1.29 is 34.1 Å². The number of benzene rings is 3. The van der Waals surface area contributed by atoms with Gasteiger partial charge in [-0.15, -0.1) is 0 Å². The molecule has 6 rings (SSSR count). The SMILES string of the molecule is CCOC(=O)c1ccc(N2C(=O)[C@@H]3[C@H](Cc4ccc(O)c(O)c4)N[C@@]4(C(=O)Nc5ccc(Cl)cc54)[C@@H]3C2=O)cc1. The number of phenolic OH excluding ortho intramolecular Hbond substituents is 2. The first-order valence-corrected chi connectivity index (χ1v) is 13.1. The Bertz CT molecular complexity index is 1590. The predicted molar refractivity (Wildman–Crippen MR) is 144 cm³/mol. The molecule has 11 heteroatoms. The van der Waals surface area contributed by atoms with E-state index in [1.54, 1.807) is 31.2 Å². The van der Waals surface area contributed by atoms with E-state index in [4.69, 9.17) is 16.3 Å². The smallest absolute Gasteiger partial charge is 0.338 e. The molecule has 0 bridgehead atoms. The van der Waals surface area contributed by atoms with Gasteiger partial charge in [0, 0.05) is 22.3 Å². The predicted octanol–water partition coefficient (Wildman–Crippen LogP) is 3.10. The molecule has 3 aliphatic rings. The summed E-state index contributed by atoms with van der Waals surface area (Å²) in [6.07, 6.45) is 0.175. The second kappa shape index (κ2) is 9.35. The molecule has 10 nitrogen and oxygen atoms in total. The molecule has 1 spiro atoms. The Hall–Kier alpha value is -4.41. The third-order valence-corrected chi connectivity index (χ3v) is 8.04. The molecule has 2 fully saturated rings. The number of carbonyl (C=O) groups excluding carboxylic acids is 4. The Labute approximate surface area is 233 Å². The minimum Gasteiger partial charge on any atom is -0.504 e. The molecular formula is C29H24ClN3O7. The van der Waals surface area contributed by atoms with Crippen LogP contribution in [0.1, 0.15) is 28.4 Å². The van der Waals surface area contributed by atoms with Gasteiger partial charge in [-0.1, -0.05) is 17.7 Å². The van der Waals surface area contributed by atoms with Gasteiger partial charge in [0.1, 0.15) is 5.54 Å². The summed E-state index contributed by atoms with van der Waals surface area (Å²) in [5.74, 6) is -4.72.